The summed E-state index contributed by atoms with van der Waals surface area (Å²) in [7, 11) is 0. The van der Waals surface area contributed by atoms with E-state index in [0.717, 1.165) is 23.0 Å². The zero-order valence-electron chi connectivity index (χ0n) is 16.6. The molecular weight excluding hydrogens is 366 g/mol. The second-order valence-corrected chi connectivity index (χ2v) is 8.40. The maximum absolute atomic E-state index is 12.3. The van der Waals surface area contributed by atoms with E-state index in [4.69, 9.17) is 4.74 Å². The van der Waals surface area contributed by atoms with Crippen LogP contribution in [0.3, 0.4) is 0 Å². The van der Waals surface area contributed by atoms with Crippen LogP contribution in [0.4, 0.5) is 0 Å². The number of hydrogen-bond donors (Lipinski definition) is 2. The number of amides is 1. The molecule has 2 N–H and O–H groups in total. The molecule has 2 bridgehead atoms. The van der Waals surface area contributed by atoms with Crippen LogP contribution >= 0.6 is 0 Å². The van der Waals surface area contributed by atoms with Gasteiger partial charge in [0.25, 0.3) is 5.91 Å². The fourth-order valence-electron chi connectivity index (χ4n) is 4.98. The lowest BCUT2D eigenvalue weighted by molar-refractivity contribution is -0.125. The van der Waals surface area contributed by atoms with Crippen LogP contribution in [0.1, 0.15) is 43.0 Å². The van der Waals surface area contributed by atoms with Crippen LogP contribution in [-0.2, 0) is 9.53 Å². The summed E-state index contributed by atoms with van der Waals surface area (Å²) in [5.41, 5.74) is 2.28. The molecule has 2 aromatic carbocycles. The summed E-state index contributed by atoms with van der Waals surface area (Å²) in [6.07, 6.45) is 5.13. The highest BCUT2D eigenvalue weighted by Crippen LogP contribution is 2.49. The summed E-state index contributed by atoms with van der Waals surface area (Å²) in [6, 6.07) is 14.0. The number of fused-ring (bicyclic) bond motifs is 2. The van der Waals surface area contributed by atoms with Crippen molar-refractivity contribution in [2.45, 2.75) is 38.6 Å². The van der Waals surface area contributed by atoms with E-state index in [-0.39, 0.29) is 24.3 Å². The molecule has 0 aliphatic heterocycles. The van der Waals surface area contributed by atoms with Crippen molar-refractivity contribution in [1.82, 2.24) is 5.32 Å². The molecule has 1 amide bonds. The molecule has 5 nitrogen and oxygen atoms in total. The van der Waals surface area contributed by atoms with Gasteiger partial charge in [0.15, 0.2) is 6.61 Å². The number of phenolic OH excluding ortho intramolecular Hbond substituents is 1. The molecule has 4 unspecified atom stereocenters. The Balaban J connectivity index is 1.26. The fourth-order valence-corrected chi connectivity index (χ4v) is 4.98. The number of benzene rings is 2. The third-order valence-corrected chi connectivity index (χ3v) is 6.48. The lowest BCUT2D eigenvalue weighted by Gasteiger charge is -2.28. The van der Waals surface area contributed by atoms with E-state index in [9.17, 15) is 14.7 Å². The molecule has 29 heavy (non-hydrogen) atoms. The van der Waals surface area contributed by atoms with Crippen LogP contribution in [0.5, 0.6) is 5.75 Å². The summed E-state index contributed by atoms with van der Waals surface area (Å²) < 4.78 is 5.19. The number of hydrogen-bond acceptors (Lipinski definition) is 4. The van der Waals surface area contributed by atoms with Gasteiger partial charge in [0.05, 0.1) is 5.56 Å². The first-order valence-corrected chi connectivity index (χ1v) is 10.4. The Morgan fingerprint density at radius 3 is 2.28 bits per heavy atom. The smallest absolute Gasteiger partial charge is 0.338 e. The summed E-state index contributed by atoms with van der Waals surface area (Å²) in [4.78, 5) is 24.5. The molecule has 2 saturated carbocycles. The highest BCUT2D eigenvalue weighted by atomic mass is 16.5. The lowest BCUT2D eigenvalue weighted by atomic mass is 9.84. The van der Waals surface area contributed by atoms with Crippen LogP contribution < -0.4 is 5.32 Å². The number of phenols is 1. The van der Waals surface area contributed by atoms with Crippen LogP contribution in [0, 0.1) is 17.8 Å². The average Bonchev–Trinajstić information content (AvgIpc) is 3.36. The second-order valence-electron chi connectivity index (χ2n) is 8.40. The summed E-state index contributed by atoms with van der Waals surface area (Å²) in [5, 5.41) is 12.4. The minimum absolute atomic E-state index is 0.126. The Kier molecular flexibility index (Phi) is 5.56. The number of nitrogens with one attached hydrogen (secondary N) is 1. The summed E-state index contributed by atoms with van der Waals surface area (Å²) in [6.45, 7) is 1.80. The third kappa shape index (κ3) is 4.44. The molecule has 0 spiro atoms. The molecular formula is C24H27NO4. The van der Waals surface area contributed by atoms with E-state index in [1.165, 1.54) is 25.7 Å². The number of carbonyl (C=O) groups is 2. The van der Waals surface area contributed by atoms with Crippen molar-refractivity contribution in [1.29, 1.82) is 0 Å². The lowest BCUT2D eigenvalue weighted by Crippen LogP contribution is -2.42. The van der Waals surface area contributed by atoms with Crippen molar-refractivity contribution in [2.24, 2.45) is 17.8 Å². The quantitative estimate of drug-likeness (QED) is 0.723. The van der Waals surface area contributed by atoms with Crippen molar-refractivity contribution < 1.29 is 19.4 Å². The minimum Gasteiger partial charge on any atom is -0.508 e. The largest absolute Gasteiger partial charge is 0.508 e. The number of ether oxygens (including phenoxy) is 1. The Morgan fingerprint density at radius 2 is 1.69 bits per heavy atom. The third-order valence-electron chi connectivity index (χ3n) is 6.48. The zero-order chi connectivity index (χ0) is 20.4. The zero-order valence-corrected chi connectivity index (χ0v) is 16.6. The van der Waals surface area contributed by atoms with E-state index in [2.05, 4.69) is 12.2 Å². The van der Waals surface area contributed by atoms with Gasteiger partial charge in [0.2, 0.25) is 0 Å². The predicted molar refractivity (Wildman–Crippen MR) is 110 cm³/mol. The van der Waals surface area contributed by atoms with Gasteiger partial charge in [0, 0.05) is 6.04 Å². The second kappa shape index (κ2) is 8.27. The first-order chi connectivity index (χ1) is 14.0. The van der Waals surface area contributed by atoms with Gasteiger partial charge in [0.1, 0.15) is 5.75 Å². The van der Waals surface area contributed by atoms with Gasteiger partial charge in [-0.2, -0.15) is 0 Å². The number of rotatable bonds is 6. The van der Waals surface area contributed by atoms with E-state index >= 15 is 0 Å². The Morgan fingerprint density at radius 1 is 1.03 bits per heavy atom. The molecule has 4 rings (SSSR count). The van der Waals surface area contributed by atoms with Crippen molar-refractivity contribution in [2.75, 3.05) is 6.61 Å². The molecule has 2 aromatic rings. The van der Waals surface area contributed by atoms with Crippen LogP contribution in [0.15, 0.2) is 48.5 Å². The van der Waals surface area contributed by atoms with E-state index in [0.29, 0.717) is 11.5 Å². The van der Waals surface area contributed by atoms with Gasteiger partial charge in [-0.05, 0) is 79.3 Å². The van der Waals surface area contributed by atoms with E-state index < -0.39 is 5.97 Å². The normalized spacial score (nSPS) is 23.6. The van der Waals surface area contributed by atoms with Crippen molar-refractivity contribution >= 4 is 11.9 Å². The molecule has 2 aliphatic carbocycles. The van der Waals surface area contributed by atoms with Gasteiger partial charge < -0.3 is 15.2 Å². The minimum atomic E-state index is -0.509. The molecule has 0 saturated heterocycles. The van der Waals surface area contributed by atoms with Crippen molar-refractivity contribution in [3.8, 4) is 16.9 Å². The van der Waals surface area contributed by atoms with Gasteiger partial charge in [-0.3, -0.25) is 4.79 Å². The van der Waals surface area contributed by atoms with Gasteiger partial charge >= 0.3 is 5.97 Å². The summed E-state index contributed by atoms with van der Waals surface area (Å²) >= 11 is 0. The first-order valence-electron chi connectivity index (χ1n) is 10.4. The molecule has 0 heterocycles. The molecule has 0 aromatic heterocycles. The van der Waals surface area contributed by atoms with Crippen LogP contribution in [0.25, 0.3) is 11.1 Å². The predicted octanol–water partition coefficient (Wildman–Crippen LogP) is 4.16. The van der Waals surface area contributed by atoms with Crippen LogP contribution in [-0.4, -0.2) is 29.6 Å². The van der Waals surface area contributed by atoms with E-state index in [1.54, 1.807) is 24.3 Å². The average molecular weight is 393 g/mol. The topological polar surface area (TPSA) is 75.6 Å². The standard InChI is InChI=1S/C24H27NO4/c1-15(22-13-16-2-3-20(22)12-16)25-23(27)14-29-24(28)19-6-4-17(5-7-19)18-8-10-21(26)11-9-18/h4-11,15-16,20,22,26H,2-3,12-14H2,1H3,(H,25,27). The highest BCUT2D eigenvalue weighted by molar-refractivity contribution is 5.91. The molecule has 2 aliphatic rings. The summed E-state index contributed by atoms with van der Waals surface area (Å²) in [5.74, 6) is 1.60. The van der Waals surface area contributed by atoms with Crippen LogP contribution in [0.2, 0.25) is 0 Å². The molecule has 4 atom stereocenters. The molecule has 2 fully saturated rings. The first kappa shape index (κ1) is 19.5. The molecule has 5 heteroatoms. The molecule has 152 valence electrons. The van der Waals surface area contributed by atoms with Gasteiger partial charge in [-0.15, -0.1) is 0 Å². The maximum atomic E-state index is 12.3. The van der Waals surface area contributed by atoms with Gasteiger partial charge in [-0.1, -0.05) is 30.7 Å². The Hall–Kier alpha value is -2.82. The van der Waals surface area contributed by atoms with E-state index in [1.807, 2.05) is 24.3 Å². The Labute approximate surface area is 171 Å². The number of carbonyl (C=O) groups excluding carboxylic acids is 2. The fraction of sp³-hybridized carbons (Fsp3) is 0.417. The number of esters is 1. The maximum Gasteiger partial charge on any atom is 0.338 e. The number of aromatic hydroxyl groups is 1. The van der Waals surface area contributed by atoms with Crippen molar-refractivity contribution in [3.05, 3.63) is 54.1 Å². The SMILES string of the molecule is CC(NC(=O)COC(=O)c1ccc(-c2ccc(O)cc2)cc1)C1CC2CCC1C2. The molecule has 0 radical (unpaired) electrons. The highest BCUT2D eigenvalue weighted by Gasteiger charge is 2.42. The monoisotopic (exact) mass is 393 g/mol. The van der Waals surface area contributed by atoms with Crippen molar-refractivity contribution in [3.63, 3.8) is 0 Å². The van der Waals surface area contributed by atoms with Gasteiger partial charge in [-0.25, -0.2) is 4.79 Å². The Bertz CT molecular complexity index is 875.